The van der Waals surface area contributed by atoms with Crippen molar-refractivity contribution in [3.8, 4) is 0 Å². The van der Waals surface area contributed by atoms with E-state index in [-0.39, 0.29) is 11.8 Å². The van der Waals surface area contributed by atoms with Gasteiger partial charge in [-0.1, -0.05) is 22.0 Å². The van der Waals surface area contributed by atoms with E-state index < -0.39 is 0 Å². The van der Waals surface area contributed by atoms with E-state index in [1.807, 2.05) is 6.07 Å². The number of carbonyl (C=O) groups is 2. The largest absolute Gasteiger partial charge is 0.383 e. The molecule has 0 aromatic heterocycles. The fourth-order valence-electron chi connectivity index (χ4n) is 1.66. The molecule has 1 aromatic carbocycles. The van der Waals surface area contributed by atoms with Crippen LogP contribution < -0.4 is 5.32 Å². The molecule has 1 rings (SSSR count). The molecule has 0 spiro atoms. The summed E-state index contributed by atoms with van der Waals surface area (Å²) in [6, 6.07) is 7.16. The highest BCUT2D eigenvalue weighted by Gasteiger charge is 2.09. The molecule has 0 aliphatic heterocycles. The Kier molecular flexibility index (Phi) is 7.25. The van der Waals surface area contributed by atoms with Gasteiger partial charge in [-0.3, -0.25) is 9.59 Å². The first kappa shape index (κ1) is 16.7. The van der Waals surface area contributed by atoms with Crippen molar-refractivity contribution in [2.24, 2.45) is 0 Å². The summed E-state index contributed by atoms with van der Waals surface area (Å²) in [6.45, 7) is 3.40. The van der Waals surface area contributed by atoms with Crippen molar-refractivity contribution in [1.82, 2.24) is 10.2 Å². The molecular weight excluding hydrogens is 324 g/mol. The normalized spacial score (nSPS) is 10.2. The number of nitrogens with one attached hydrogen (secondary N) is 1. The minimum absolute atomic E-state index is 0.0289. The lowest BCUT2D eigenvalue weighted by Gasteiger charge is -2.20. The first-order valence-corrected chi connectivity index (χ1v) is 7.12. The van der Waals surface area contributed by atoms with Crippen LogP contribution in [-0.2, 0) is 9.53 Å². The number of hydrogen-bond donors (Lipinski definition) is 1. The van der Waals surface area contributed by atoms with Gasteiger partial charge < -0.3 is 15.0 Å². The molecule has 1 N–H and O–H groups in total. The van der Waals surface area contributed by atoms with Crippen LogP contribution in [0.4, 0.5) is 0 Å². The Hall–Kier alpha value is -1.40. The van der Waals surface area contributed by atoms with E-state index in [0.29, 0.717) is 31.8 Å². The summed E-state index contributed by atoms with van der Waals surface area (Å²) in [7, 11) is 1.59. The highest BCUT2D eigenvalue weighted by molar-refractivity contribution is 9.10. The zero-order valence-electron chi connectivity index (χ0n) is 11.7. The Morgan fingerprint density at radius 2 is 2.10 bits per heavy atom. The maximum absolute atomic E-state index is 11.9. The Labute approximate surface area is 127 Å². The maximum atomic E-state index is 11.9. The van der Waals surface area contributed by atoms with Gasteiger partial charge in [0.25, 0.3) is 5.91 Å². The molecule has 0 heterocycles. The van der Waals surface area contributed by atoms with Gasteiger partial charge in [0.15, 0.2) is 0 Å². The second kappa shape index (κ2) is 8.71. The van der Waals surface area contributed by atoms with Crippen molar-refractivity contribution in [2.45, 2.75) is 6.92 Å². The zero-order chi connectivity index (χ0) is 15.0. The average Bonchev–Trinajstić information content (AvgIpc) is 2.42. The zero-order valence-corrected chi connectivity index (χ0v) is 13.3. The van der Waals surface area contributed by atoms with Gasteiger partial charge in [-0.2, -0.15) is 0 Å². The standard InChI is InChI=1S/C14H19BrN2O3/c1-11(18)17(8-9-20-2)7-6-16-14(19)12-4-3-5-13(15)10-12/h3-5,10H,6-9H2,1-2H3,(H,16,19). The number of nitrogens with zero attached hydrogens (tertiary/aromatic N) is 1. The first-order valence-electron chi connectivity index (χ1n) is 6.33. The summed E-state index contributed by atoms with van der Waals surface area (Å²) >= 11 is 3.32. The minimum Gasteiger partial charge on any atom is -0.383 e. The van der Waals surface area contributed by atoms with Gasteiger partial charge in [-0.05, 0) is 18.2 Å². The predicted octanol–water partition coefficient (Wildman–Crippen LogP) is 1.67. The van der Waals surface area contributed by atoms with Crippen LogP contribution in [-0.4, -0.2) is 50.1 Å². The lowest BCUT2D eigenvalue weighted by molar-refractivity contribution is -0.129. The number of halogens is 1. The van der Waals surface area contributed by atoms with Gasteiger partial charge in [0.1, 0.15) is 0 Å². The number of carbonyl (C=O) groups excluding carboxylic acids is 2. The van der Waals surface area contributed by atoms with E-state index in [1.54, 1.807) is 30.2 Å². The van der Waals surface area contributed by atoms with Crippen LogP contribution in [0.1, 0.15) is 17.3 Å². The monoisotopic (exact) mass is 342 g/mol. The van der Waals surface area contributed by atoms with E-state index in [1.165, 1.54) is 6.92 Å². The summed E-state index contributed by atoms with van der Waals surface area (Å²) in [5, 5.41) is 2.79. The van der Waals surface area contributed by atoms with Crippen LogP contribution >= 0.6 is 15.9 Å². The van der Waals surface area contributed by atoms with E-state index in [2.05, 4.69) is 21.2 Å². The molecule has 1 aromatic rings. The average molecular weight is 343 g/mol. The van der Waals surface area contributed by atoms with Crippen LogP contribution in [0.15, 0.2) is 28.7 Å². The second-order valence-corrected chi connectivity index (χ2v) is 5.18. The van der Waals surface area contributed by atoms with Crippen LogP contribution in [0, 0.1) is 0 Å². The van der Waals surface area contributed by atoms with Gasteiger partial charge in [0, 0.05) is 43.7 Å². The quantitative estimate of drug-likeness (QED) is 0.819. The number of ether oxygens (including phenoxy) is 1. The molecule has 0 atom stereocenters. The van der Waals surface area contributed by atoms with E-state index in [4.69, 9.17) is 4.74 Å². The third-order valence-electron chi connectivity index (χ3n) is 2.76. The molecule has 0 radical (unpaired) electrons. The van der Waals surface area contributed by atoms with E-state index in [9.17, 15) is 9.59 Å². The molecule has 6 heteroatoms. The predicted molar refractivity (Wildman–Crippen MR) is 80.6 cm³/mol. The first-order chi connectivity index (χ1) is 9.54. The summed E-state index contributed by atoms with van der Waals surface area (Å²) in [6.07, 6.45) is 0. The molecule has 0 unspecified atom stereocenters. The minimum atomic E-state index is -0.151. The smallest absolute Gasteiger partial charge is 0.251 e. The van der Waals surface area contributed by atoms with Crippen molar-refractivity contribution in [1.29, 1.82) is 0 Å². The summed E-state index contributed by atoms with van der Waals surface area (Å²) in [5.41, 5.74) is 0.589. The lowest BCUT2D eigenvalue weighted by atomic mass is 10.2. The topological polar surface area (TPSA) is 58.6 Å². The lowest BCUT2D eigenvalue weighted by Crippen LogP contribution is -2.39. The highest BCUT2D eigenvalue weighted by atomic mass is 79.9. The van der Waals surface area contributed by atoms with Crippen molar-refractivity contribution < 1.29 is 14.3 Å². The SMILES string of the molecule is COCCN(CCNC(=O)c1cccc(Br)c1)C(C)=O. The van der Waals surface area contributed by atoms with E-state index >= 15 is 0 Å². The fraction of sp³-hybridized carbons (Fsp3) is 0.429. The highest BCUT2D eigenvalue weighted by Crippen LogP contribution is 2.11. The van der Waals surface area contributed by atoms with Crippen molar-refractivity contribution in [2.75, 3.05) is 33.4 Å². The molecule has 0 aliphatic carbocycles. The second-order valence-electron chi connectivity index (χ2n) is 4.27. The van der Waals surface area contributed by atoms with Gasteiger partial charge in [0.05, 0.1) is 6.61 Å². The number of hydrogen-bond acceptors (Lipinski definition) is 3. The number of benzene rings is 1. The van der Waals surface area contributed by atoms with Gasteiger partial charge in [-0.25, -0.2) is 0 Å². The Balaban J connectivity index is 2.42. The summed E-state index contributed by atoms with van der Waals surface area (Å²) < 4.78 is 5.80. The number of methoxy groups -OCH3 is 1. The molecule has 2 amide bonds. The molecule has 5 nitrogen and oxygen atoms in total. The molecule has 0 saturated carbocycles. The summed E-state index contributed by atoms with van der Waals surface area (Å²) in [4.78, 5) is 24.9. The summed E-state index contributed by atoms with van der Waals surface area (Å²) in [5.74, 6) is -0.180. The van der Waals surface area contributed by atoms with Crippen LogP contribution in [0.2, 0.25) is 0 Å². The molecule has 110 valence electrons. The molecule has 0 fully saturated rings. The van der Waals surface area contributed by atoms with Crippen molar-refractivity contribution in [3.05, 3.63) is 34.3 Å². The van der Waals surface area contributed by atoms with Gasteiger partial charge in [0.2, 0.25) is 5.91 Å². The molecule has 20 heavy (non-hydrogen) atoms. The fourth-order valence-corrected chi connectivity index (χ4v) is 2.06. The molecule has 0 saturated heterocycles. The van der Waals surface area contributed by atoms with E-state index in [0.717, 1.165) is 4.47 Å². The van der Waals surface area contributed by atoms with Crippen LogP contribution in [0.3, 0.4) is 0 Å². The van der Waals surface area contributed by atoms with Gasteiger partial charge >= 0.3 is 0 Å². The Morgan fingerprint density at radius 3 is 2.70 bits per heavy atom. The van der Waals surface area contributed by atoms with Crippen LogP contribution in [0.5, 0.6) is 0 Å². The van der Waals surface area contributed by atoms with Crippen molar-refractivity contribution >= 4 is 27.7 Å². The van der Waals surface area contributed by atoms with Crippen molar-refractivity contribution in [3.63, 3.8) is 0 Å². The third kappa shape index (κ3) is 5.71. The van der Waals surface area contributed by atoms with Crippen LogP contribution in [0.25, 0.3) is 0 Å². The third-order valence-corrected chi connectivity index (χ3v) is 3.26. The Bertz CT molecular complexity index is 465. The number of amides is 2. The molecule has 0 aliphatic rings. The maximum Gasteiger partial charge on any atom is 0.251 e. The molecular formula is C14H19BrN2O3. The van der Waals surface area contributed by atoms with Gasteiger partial charge in [-0.15, -0.1) is 0 Å². The molecule has 0 bridgehead atoms. The number of rotatable bonds is 7. The Morgan fingerprint density at radius 1 is 1.35 bits per heavy atom.